The molecule has 16 heavy (non-hydrogen) atoms. The molecule has 0 heterocycles. The first kappa shape index (κ1) is 15.4. The van der Waals surface area contributed by atoms with Crippen molar-refractivity contribution in [2.24, 2.45) is 11.8 Å². The summed E-state index contributed by atoms with van der Waals surface area (Å²) in [6.45, 7) is 11.8. The molecule has 0 aromatic carbocycles. The molecule has 0 aliphatic carbocycles. The fourth-order valence-corrected chi connectivity index (χ4v) is 1.82. The van der Waals surface area contributed by atoms with Gasteiger partial charge in [0.05, 0.1) is 12.6 Å². The second-order valence-corrected chi connectivity index (χ2v) is 5.51. The summed E-state index contributed by atoms with van der Waals surface area (Å²) < 4.78 is 0. The lowest BCUT2D eigenvalue weighted by molar-refractivity contribution is 0.280. The molecule has 0 atom stereocenters. The second-order valence-electron chi connectivity index (χ2n) is 5.51. The zero-order valence-electron chi connectivity index (χ0n) is 11.5. The van der Waals surface area contributed by atoms with Gasteiger partial charge in [-0.1, -0.05) is 27.7 Å². The van der Waals surface area contributed by atoms with E-state index in [0.717, 1.165) is 24.9 Å². The van der Waals surface area contributed by atoms with Crippen LogP contribution in [-0.4, -0.2) is 24.5 Å². The summed E-state index contributed by atoms with van der Waals surface area (Å²) in [5.41, 5.74) is 0. The molecule has 94 valence electrons. The molecule has 0 amide bonds. The number of nitriles is 1. The predicted octanol–water partition coefficient (Wildman–Crippen LogP) is 3.68. The molecular formula is C14H28N2. The molecule has 0 radical (unpaired) electrons. The van der Waals surface area contributed by atoms with Crippen molar-refractivity contribution in [1.29, 1.82) is 5.26 Å². The van der Waals surface area contributed by atoms with Crippen molar-refractivity contribution in [2.45, 2.75) is 53.4 Å². The van der Waals surface area contributed by atoms with Crippen molar-refractivity contribution < 1.29 is 0 Å². The number of nitrogens with zero attached hydrogens (tertiary/aromatic N) is 2. The first-order chi connectivity index (χ1) is 7.56. The van der Waals surface area contributed by atoms with E-state index >= 15 is 0 Å². The third kappa shape index (κ3) is 9.98. The van der Waals surface area contributed by atoms with E-state index in [2.05, 4.69) is 38.7 Å². The smallest absolute Gasteiger partial charge is 0.0865 e. The summed E-state index contributed by atoms with van der Waals surface area (Å²) >= 11 is 0. The van der Waals surface area contributed by atoms with Crippen molar-refractivity contribution >= 4 is 0 Å². The van der Waals surface area contributed by atoms with Crippen LogP contribution < -0.4 is 0 Å². The third-order valence-corrected chi connectivity index (χ3v) is 2.81. The van der Waals surface area contributed by atoms with Crippen molar-refractivity contribution in [3.63, 3.8) is 0 Å². The van der Waals surface area contributed by atoms with E-state index in [1.54, 1.807) is 0 Å². The Labute approximate surface area is 102 Å². The summed E-state index contributed by atoms with van der Waals surface area (Å²) in [7, 11) is 0. The molecule has 0 aliphatic heterocycles. The standard InChI is InChI=1S/C14H28N2/c1-13(2)7-5-10-16(12-9-15)11-6-8-14(3)4/h13-14H,5-8,10-12H2,1-4H3. The van der Waals surface area contributed by atoms with Crippen LogP contribution in [0.2, 0.25) is 0 Å². The van der Waals surface area contributed by atoms with Crippen LogP contribution in [0.4, 0.5) is 0 Å². The van der Waals surface area contributed by atoms with Crippen molar-refractivity contribution in [3.8, 4) is 6.07 Å². The molecule has 0 saturated carbocycles. The lowest BCUT2D eigenvalue weighted by Crippen LogP contribution is -2.27. The van der Waals surface area contributed by atoms with Gasteiger partial charge in [-0.25, -0.2) is 0 Å². The summed E-state index contributed by atoms with van der Waals surface area (Å²) in [4.78, 5) is 2.30. The Balaban J connectivity index is 3.67. The van der Waals surface area contributed by atoms with Crippen molar-refractivity contribution in [3.05, 3.63) is 0 Å². The summed E-state index contributed by atoms with van der Waals surface area (Å²) in [5.74, 6) is 1.55. The summed E-state index contributed by atoms with van der Waals surface area (Å²) in [6, 6.07) is 2.27. The molecule has 0 aromatic rings. The molecule has 2 heteroatoms. The molecular weight excluding hydrogens is 196 g/mol. The minimum atomic E-state index is 0.593. The van der Waals surface area contributed by atoms with Gasteiger partial charge >= 0.3 is 0 Å². The zero-order valence-corrected chi connectivity index (χ0v) is 11.5. The highest BCUT2D eigenvalue weighted by Crippen LogP contribution is 2.08. The normalized spacial score (nSPS) is 11.4. The fourth-order valence-electron chi connectivity index (χ4n) is 1.82. The van der Waals surface area contributed by atoms with Gasteiger partial charge in [-0.05, 0) is 50.6 Å². The Morgan fingerprint density at radius 2 is 1.38 bits per heavy atom. The molecule has 0 saturated heterocycles. The van der Waals surface area contributed by atoms with Gasteiger partial charge in [-0.3, -0.25) is 4.90 Å². The van der Waals surface area contributed by atoms with Crippen molar-refractivity contribution in [1.82, 2.24) is 4.90 Å². The highest BCUT2D eigenvalue weighted by molar-refractivity contribution is 4.76. The topological polar surface area (TPSA) is 27.0 Å². The van der Waals surface area contributed by atoms with E-state index in [0.29, 0.717) is 6.54 Å². The molecule has 0 unspecified atom stereocenters. The van der Waals surface area contributed by atoms with Gasteiger partial charge in [0.1, 0.15) is 0 Å². The number of hydrogen-bond donors (Lipinski definition) is 0. The van der Waals surface area contributed by atoms with Crippen LogP contribution in [0.5, 0.6) is 0 Å². The zero-order chi connectivity index (χ0) is 12.4. The Morgan fingerprint density at radius 1 is 0.938 bits per heavy atom. The van der Waals surface area contributed by atoms with Gasteiger partial charge < -0.3 is 0 Å². The maximum Gasteiger partial charge on any atom is 0.0865 e. The molecule has 0 spiro atoms. The number of rotatable bonds is 9. The number of hydrogen-bond acceptors (Lipinski definition) is 2. The quantitative estimate of drug-likeness (QED) is 0.559. The summed E-state index contributed by atoms with van der Waals surface area (Å²) in [6.07, 6.45) is 4.99. The predicted molar refractivity (Wildman–Crippen MR) is 70.2 cm³/mol. The molecule has 2 nitrogen and oxygen atoms in total. The van der Waals surface area contributed by atoms with E-state index in [1.165, 1.54) is 25.7 Å². The second kappa shape index (κ2) is 9.66. The van der Waals surface area contributed by atoms with Crippen molar-refractivity contribution in [2.75, 3.05) is 19.6 Å². The van der Waals surface area contributed by atoms with E-state index in [-0.39, 0.29) is 0 Å². The molecule has 0 N–H and O–H groups in total. The minimum Gasteiger partial charge on any atom is -0.291 e. The maximum atomic E-state index is 8.76. The molecule has 0 rings (SSSR count). The van der Waals surface area contributed by atoms with Crippen LogP contribution in [0.3, 0.4) is 0 Å². The van der Waals surface area contributed by atoms with E-state index in [4.69, 9.17) is 5.26 Å². The Morgan fingerprint density at radius 3 is 1.69 bits per heavy atom. The monoisotopic (exact) mass is 224 g/mol. The van der Waals surface area contributed by atoms with Crippen LogP contribution >= 0.6 is 0 Å². The van der Waals surface area contributed by atoms with Crippen LogP contribution in [0.25, 0.3) is 0 Å². The summed E-state index contributed by atoms with van der Waals surface area (Å²) in [5, 5.41) is 8.76. The van der Waals surface area contributed by atoms with Crippen LogP contribution in [-0.2, 0) is 0 Å². The third-order valence-electron chi connectivity index (χ3n) is 2.81. The molecule has 0 aromatic heterocycles. The van der Waals surface area contributed by atoms with Gasteiger partial charge in [-0.15, -0.1) is 0 Å². The van der Waals surface area contributed by atoms with Gasteiger partial charge in [0, 0.05) is 0 Å². The first-order valence-electron chi connectivity index (χ1n) is 6.65. The SMILES string of the molecule is CC(C)CCCN(CC#N)CCCC(C)C. The molecule has 0 fully saturated rings. The molecule has 0 aliphatic rings. The largest absolute Gasteiger partial charge is 0.291 e. The average molecular weight is 224 g/mol. The van der Waals surface area contributed by atoms with Gasteiger partial charge in [-0.2, -0.15) is 5.26 Å². The Hall–Kier alpha value is -0.550. The minimum absolute atomic E-state index is 0.593. The average Bonchev–Trinajstić information content (AvgIpc) is 2.16. The maximum absolute atomic E-state index is 8.76. The molecule has 0 bridgehead atoms. The highest BCUT2D eigenvalue weighted by atomic mass is 15.1. The highest BCUT2D eigenvalue weighted by Gasteiger charge is 2.05. The van der Waals surface area contributed by atoms with E-state index in [9.17, 15) is 0 Å². The van der Waals surface area contributed by atoms with E-state index < -0.39 is 0 Å². The Kier molecular flexibility index (Phi) is 9.33. The van der Waals surface area contributed by atoms with E-state index in [1.807, 2.05) is 0 Å². The lowest BCUT2D eigenvalue weighted by Gasteiger charge is -2.19. The van der Waals surface area contributed by atoms with Gasteiger partial charge in [0.25, 0.3) is 0 Å². The van der Waals surface area contributed by atoms with Crippen LogP contribution in [0.1, 0.15) is 53.4 Å². The fraction of sp³-hybridized carbons (Fsp3) is 0.929. The van der Waals surface area contributed by atoms with Gasteiger partial charge in [0.2, 0.25) is 0 Å². The first-order valence-corrected chi connectivity index (χ1v) is 6.65. The van der Waals surface area contributed by atoms with Gasteiger partial charge in [0.15, 0.2) is 0 Å². The Bertz CT molecular complexity index is 177. The van der Waals surface area contributed by atoms with Crippen LogP contribution in [0, 0.1) is 23.2 Å². The lowest BCUT2D eigenvalue weighted by atomic mass is 10.1. The van der Waals surface area contributed by atoms with Crippen LogP contribution in [0.15, 0.2) is 0 Å².